The number of fused-ring (bicyclic) bond motifs is 5. The van der Waals surface area contributed by atoms with Crippen molar-refractivity contribution in [3.63, 3.8) is 0 Å². The molecule has 0 aromatic carbocycles. The van der Waals surface area contributed by atoms with E-state index in [1.54, 1.807) is 32.1 Å². The number of unbranched alkanes of at least 4 members (excludes halogenated alkanes) is 1. The van der Waals surface area contributed by atoms with E-state index < -0.39 is 0 Å². The molecule has 4 saturated carbocycles. The molecule has 0 N–H and O–H groups in total. The molecule has 0 aromatic rings. The SMILES string of the molecule is CC(C)CCCCC1CCC2C3CC=C4CC(CC5CCCCC5)CCC4(C)C3CCC12C. The summed E-state index contributed by atoms with van der Waals surface area (Å²) < 4.78 is 0. The van der Waals surface area contributed by atoms with Crippen LogP contribution in [-0.2, 0) is 0 Å². The maximum Gasteiger partial charge on any atom is -0.00851 e. The molecule has 4 fully saturated rings. The zero-order valence-corrected chi connectivity index (χ0v) is 22.8. The molecule has 0 nitrogen and oxygen atoms in total. The van der Waals surface area contributed by atoms with Crippen molar-refractivity contribution >= 4 is 0 Å². The highest BCUT2D eigenvalue weighted by molar-refractivity contribution is 5.25. The van der Waals surface area contributed by atoms with Gasteiger partial charge in [0.1, 0.15) is 0 Å². The first-order valence-electron chi connectivity index (χ1n) is 15.6. The summed E-state index contributed by atoms with van der Waals surface area (Å²) in [5.74, 6) is 7.03. The second-order valence-corrected chi connectivity index (χ2v) is 14.6. The van der Waals surface area contributed by atoms with Gasteiger partial charge in [-0.3, -0.25) is 0 Å². The molecule has 0 radical (unpaired) electrons. The van der Waals surface area contributed by atoms with Crippen LogP contribution < -0.4 is 0 Å². The van der Waals surface area contributed by atoms with E-state index in [-0.39, 0.29) is 0 Å². The zero-order valence-electron chi connectivity index (χ0n) is 22.8. The molecule has 0 bridgehead atoms. The highest BCUT2D eigenvalue weighted by atomic mass is 14.6. The van der Waals surface area contributed by atoms with Crippen molar-refractivity contribution in [2.75, 3.05) is 0 Å². The summed E-state index contributed by atoms with van der Waals surface area (Å²) in [6, 6.07) is 0. The van der Waals surface area contributed by atoms with E-state index in [0.717, 1.165) is 41.4 Å². The van der Waals surface area contributed by atoms with Crippen LogP contribution in [0.1, 0.15) is 143 Å². The van der Waals surface area contributed by atoms with Crippen LogP contribution in [0.2, 0.25) is 0 Å². The topological polar surface area (TPSA) is 0 Å². The Bertz CT molecular complexity index is 680. The highest BCUT2D eigenvalue weighted by Crippen LogP contribution is 2.67. The van der Waals surface area contributed by atoms with Crippen LogP contribution in [0.15, 0.2) is 11.6 Å². The van der Waals surface area contributed by atoms with Crippen LogP contribution >= 0.6 is 0 Å². The third-order valence-electron chi connectivity index (χ3n) is 12.4. The van der Waals surface area contributed by atoms with Gasteiger partial charge < -0.3 is 0 Å². The molecule has 33 heavy (non-hydrogen) atoms. The summed E-state index contributed by atoms with van der Waals surface area (Å²) in [5.41, 5.74) is 3.16. The van der Waals surface area contributed by atoms with Gasteiger partial charge in [-0.25, -0.2) is 0 Å². The molecular weight excluding hydrogens is 396 g/mol. The van der Waals surface area contributed by atoms with Gasteiger partial charge in [-0.15, -0.1) is 0 Å². The van der Waals surface area contributed by atoms with Crippen molar-refractivity contribution in [1.82, 2.24) is 0 Å². The number of hydrogen-bond acceptors (Lipinski definition) is 0. The Kier molecular flexibility index (Phi) is 7.41. The van der Waals surface area contributed by atoms with Gasteiger partial charge in [-0.1, -0.05) is 90.7 Å². The Labute approximate surface area is 207 Å². The van der Waals surface area contributed by atoms with E-state index in [4.69, 9.17) is 0 Å². The fraction of sp³-hybridized carbons (Fsp3) is 0.939. The molecule has 7 unspecified atom stereocenters. The molecule has 0 saturated heterocycles. The predicted molar refractivity (Wildman–Crippen MR) is 143 cm³/mol. The Balaban J connectivity index is 1.22. The lowest BCUT2D eigenvalue weighted by atomic mass is 9.46. The Morgan fingerprint density at radius 1 is 0.848 bits per heavy atom. The third kappa shape index (κ3) is 4.77. The maximum atomic E-state index is 2.83. The zero-order chi connectivity index (χ0) is 23.1. The summed E-state index contributed by atoms with van der Waals surface area (Å²) in [6.07, 6.45) is 30.1. The smallest absolute Gasteiger partial charge is 0.00851 e. The van der Waals surface area contributed by atoms with E-state index in [0.29, 0.717) is 10.8 Å². The molecule has 0 spiro atoms. The van der Waals surface area contributed by atoms with Gasteiger partial charge in [0.05, 0.1) is 0 Å². The van der Waals surface area contributed by atoms with Gasteiger partial charge in [0.2, 0.25) is 0 Å². The van der Waals surface area contributed by atoms with Gasteiger partial charge >= 0.3 is 0 Å². The van der Waals surface area contributed by atoms with Crippen molar-refractivity contribution < 1.29 is 0 Å². The van der Waals surface area contributed by atoms with Crippen molar-refractivity contribution in [3.8, 4) is 0 Å². The monoisotopic (exact) mass is 452 g/mol. The fourth-order valence-electron chi connectivity index (χ4n) is 10.4. The molecule has 7 atom stereocenters. The minimum atomic E-state index is 0.558. The van der Waals surface area contributed by atoms with E-state index in [1.807, 2.05) is 5.57 Å². The van der Waals surface area contributed by atoms with Gasteiger partial charge in [-0.05, 0) is 116 Å². The van der Waals surface area contributed by atoms with E-state index in [9.17, 15) is 0 Å². The van der Waals surface area contributed by atoms with Gasteiger partial charge in [-0.2, -0.15) is 0 Å². The van der Waals surface area contributed by atoms with E-state index in [2.05, 4.69) is 33.8 Å². The molecule has 188 valence electrons. The largest absolute Gasteiger partial charge is 0.0845 e. The second-order valence-electron chi connectivity index (χ2n) is 14.6. The second kappa shape index (κ2) is 10.0. The standard InChI is InChI=1S/C33H56/c1-24(2)10-8-9-13-27-15-17-30-29-16-14-28-23-26(22-25-11-6-5-7-12-25)18-20-33(28,4)31(29)19-21-32(27,30)3/h14,24-27,29-31H,5-13,15-23H2,1-4H3. The average Bonchev–Trinajstić information content (AvgIpc) is 3.14. The number of rotatable bonds is 7. The van der Waals surface area contributed by atoms with Crippen LogP contribution in [0.5, 0.6) is 0 Å². The number of hydrogen-bond donors (Lipinski definition) is 0. The quantitative estimate of drug-likeness (QED) is 0.266. The maximum absolute atomic E-state index is 2.83. The Morgan fingerprint density at radius 3 is 2.45 bits per heavy atom. The molecule has 0 heterocycles. The summed E-state index contributed by atoms with van der Waals surface area (Å²) >= 11 is 0. The molecule has 0 heteroatoms. The first-order chi connectivity index (χ1) is 15.9. The molecule has 0 aromatic heterocycles. The van der Waals surface area contributed by atoms with Crippen LogP contribution in [0, 0.1) is 52.3 Å². The number of allylic oxidation sites excluding steroid dienone is 2. The normalized spacial score (nSPS) is 43.7. The molecule has 0 aliphatic heterocycles. The van der Waals surface area contributed by atoms with Crippen LogP contribution in [0.25, 0.3) is 0 Å². The Morgan fingerprint density at radius 2 is 1.67 bits per heavy atom. The summed E-state index contributed by atoms with van der Waals surface area (Å²) in [5, 5.41) is 0. The lowest BCUT2D eigenvalue weighted by Gasteiger charge is -2.58. The van der Waals surface area contributed by atoms with Crippen LogP contribution in [0.4, 0.5) is 0 Å². The van der Waals surface area contributed by atoms with Crippen molar-refractivity contribution in [2.45, 2.75) is 143 Å². The molecule has 5 aliphatic rings. The predicted octanol–water partition coefficient (Wildman–Crippen LogP) is 10.4. The minimum absolute atomic E-state index is 0.558. The first kappa shape index (κ1) is 24.4. The van der Waals surface area contributed by atoms with E-state index >= 15 is 0 Å². The van der Waals surface area contributed by atoms with Crippen LogP contribution in [-0.4, -0.2) is 0 Å². The average molecular weight is 453 g/mol. The third-order valence-corrected chi connectivity index (χ3v) is 12.4. The molecule has 0 amide bonds. The van der Waals surface area contributed by atoms with Crippen molar-refractivity contribution in [1.29, 1.82) is 0 Å². The van der Waals surface area contributed by atoms with Gasteiger partial charge in [0.15, 0.2) is 0 Å². The fourth-order valence-corrected chi connectivity index (χ4v) is 10.4. The highest BCUT2D eigenvalue weighted by Gasteiger charge is 2.58. The van der Waals surface area contributed by atoms with Gasteiger partial charge in [0, 0.05) is 0 Å². The van der Waals surface area contributed by atoms with Gasteiger partial charge in [0.25, 0.3) is 0 Å². The summed E-state index contributed by atoms with van der Waals surface area (Å²) in [6.45, 7) is 10.3. The van der Waals surface area contributed by atoms with Crippen LogP contribution in [0.3, 0.4) is 0 Å². The molecule has 5 aliphatic carbocycles. The molecule has 5 rings (SSSR count). The molecular formula is C33H56. The minimum Gasteiger partial charge on any atom is -0.0845 e. The van der Waals surface area contributed by atoms with Crippen molar-refractivity contribution in [3.05, 3.63) is 11.6 Å². The lowest BCUT2D eigenvalue weighted by Crippen LogP contribution is -2.50. The van der Waals surface area contributed by atoms with E-state index in [1.165, 1.54) is 83.5 Å². The lowest BCUT2D eigenvalue weighted by molar-refractivity contribution is -0.0463. The summed E-state index contributed by atoms with van der Waals surface area (Å²) in [7, 11) is 0. The Hall–Kier alpha value is -0.260. The van der Waals surface area contributed by atoms with Crippen molar-refractivity contribution in [2.24, 2.45) is 52.3 Å². The summed E-state index contributed by atoms with van der Waals surface area (Å²) in [4.78, 5) is 0. The first-order valence-corrected chi connectivity index (χ1v) is 15.6.